The third-order valence-corrected chi connectivity index (χ3v) is 5.78. The highest BCUT2D eigenvalue weighted by Gasteiger charge is 2.19. The number of nitrogens with zero attached hydrogens (tertiary/aromatic N) is 3. The number of benzene rings is 1. The number of rotatable bonds is 8. The Balaban J connectivity index is 2.08. The molecule has 0 saturated carbocycles. The monoisotopic (exact) mass is 446 g/mol. The Hall–Kier alpha value is -1.42. The molecule has 0 fully saturated rings. The zero-order chi connectivity index (χ0) is 20.0. The first-order valence-electron chi connectivity index (χ1n) is 9.35. The molecule has 0 aliphatic rings. The Morgan fingerprint density at radius 3 is 2.67 bits per heavy atom. The second-order valence-electron chi connectivity index (χ2n) is 8.36. The molecule has 1 radical (unpaired) electrons. The van der Waals surface area contributed by atoms with Crippen LogP contribution in [0.4, 0.5) is 0 Å². The maximum Gasteiger partial charge on any atom is 0.205 e. The quantitative estimate of drug-likeness (QED) is 0.460. The van der Waals surface area contributed by atoms with Crippen molar-refractivity contribution in [3.63, 3.8) is 0 Å². The van der Waals surface area contributed by atoms with Gasteiger partial charge in [-0.05, 0) is 55.5 Å². The van der Waals surface area contributed by atoms with E-state index in [1.54, 1.807) is 0 Å². The van der Waals surface area contributed by atoms with Gasteiger partial charge in [0.05, 0.1) is 29.8 Å². The van der Waals surface area contributed by atoms with Gasteiger partial charge in [0.1, 0.15) is 0 Å². The van der Waals surface area contributed by atoms with E-state index < -0.39 is 9.04 Å². The molecule has 2 rings (SSSR count). The molecule has 0 aliphatic heterocycles. The van der Waals surface area contributed by atoms with Crippen LogP contribution in [-0.4, -0.2) is 18.6 Å². The van der Waals surface area contributed by atoms with Crippen molar-refractivity contribution in [2.45, 2.75) is 65.8 Å². The predicted octanol–water partition coefficient (Wildman–Crippen LogP) is 6.09. The standard InChI is InChI=1S/C21H29BrN3OSi/c1-21(2,3)10-6-7-20(26-27(4)5)19-14-25(15-24-19)13-17-9-8-16(12-23)11-18(17)22/h8-9,11,14-15,20H,6-7,10,13H2,1-5H3. The van der Waals surface area contributed by atoms with Crippen molar-refractivity contribution in [2.75, 3.05) is 0 Å². The minimum absolute atomic E-state index is 0.0712. The summed E-state index contributed by atoms with van der Waals surface area (Å²) in [5.74, 6) is 0. The van der Waals surface area contributed by atoms with Crippen LogP contribution in [0.5, 0.6) is 0 Å². The highest BCUT2D eigenvalue weighted by Crippen LogP contribution is 2.28. The van der Waals surface area contributed by atoms with Crippen molar-refractivity contribution in [1.82, 2.24) is 9.55 Å². The van der Waals surface area contributed by atoms with Gasteiger partial charge >= 0.3 is 0 Å². The Morgan fingerprint density at radius 1 is 1.33 bits per heavy atom. The topological polar surface area (TPSA) is 50.8 Å². The average Bonchev–Trinajstić information content (AvgIpc) is 3.03. The maximum absolute atomic E-state index is 9.00. The lowest BCUT2D eigenvalue weighted by Gasteiger charge is -2.22. The summed E-state index contributed by atoms with van der Waals surface area (Å²) in [6.07, 6.45) is 7.36. The molecule has 2 aromatic rings. The van der Waals surface area contributed by atoms with Gasteiger partial charge in [0.2, 0.25) is 9.04 Å². The summed E-state index contributed by atoms with van der Waals surface area (Å²) in [6, 6.07) is 7.85. The normalized spacial score (nSPS) is 13.0. The average molecular weight is 447 g/mol. The Kier molecular flexibility index (Phi) is 7.84. The van der Waals surface area contributed by atoms with Gasteiger partial charge in [0, 0.05) is 17.2 Å². The lowest BCUT2D eigenvalue weighted by atomic mass is 9.89. The largest absolute Gasteiger partial charge is 0.409 e. The fourth-order valence-electron chi connectivity index (χ4n) is 2.94. The number of halogens is 1. The summed E-state index contributed by atoms with van der Waals surface area (Å²) >= 11 is 3.56. The molecule has 4 nitrogen and oxygen atoms in total. The third kappa shape index (κ3) is 7.25. The number of aromatic nitrogens is 2. The second kappa shape index (κ2) is 9.68. The molecular weight excluding hydrogens is 418 g/mol. The molecular formula is C21H29BrN3OSi. The van der Waals surface area contributed by atoms with Crippen LogP contribution >= 0.6 is 15.9 Å². The minimum Gasteiger partial charge on any atom is -0.409 e. The van der Waals surface area contributed by atoms with E-state index in [-0.39, 0.29) is 6.10 Å². The number of nitriles is 1. The van der Waals surface area contributed by atoms with Crippen molar-refractivity contribution < 1.29 is 4.43 Å². The Morgan fingerprint density at radius 2 is 2.07 bits per heavy atom. The fourth-order valence-corrected chi connectivity index (χ4v) is 4.25. The van der Waals surface area contributed by atoms with Crippen LogP contribution in [0.25, 0.3) is 0 Å². The predicted molar refractivity (Wildman–Crippen MR) is 115 cm³/mol. The van der Waals surface area contributed by atoms with Crippen LogP contribution in [0.3, 0.4) is 0 Å². The van der Waals surface area contributed by atoms with Gasteiger partial charge in [0.25, 0.3) is 0 Å². The Bertz CT molecular complexity index is 789. The van der Waals surface area contributed by atoms with Gasteiger partial charge in [-0.2, -0.15) is 5.26 Å². The van der Waals surface area contributed by atoms with E-state index in [4.69, 9.17) is 9.69 Å². The summed E-state index contributed by atoms with van der Waals surface area (Å²) in [7, 11) is -0.796. The third-order valence-electron chi connectivity index (χ3n) is 4.29. The van der Waals surface area contributed by atoms with E-state index in [1.165, 1.54) is 6.42 Å². The fraction of sp³-hybridized carbons (Fsp3) is 0.524. The SMILES string of the molecule is C[Si](C)OC(CCCC(C)(C)C)c1cn(Cc2ccc(C#N)cc2Br)cn1. The van der Waals surface area contributed by atoms with Crippen molar-refractivity contribution in [2.24, 2.45) is 5.41 Å². The molecule has 0 aliphatic carbocycles. The minimum atomic E-state index is -0.796. The van der Waals surface area contributed by atoms with Gasteiger partial charge in [-0.15, -0.1) is 0 Å². The van der Waals surface area contributed by atoms with E-state index in [1.807, 2.05) is 24.5 Å². The van der Waals surface area contributed by atoms with Crippen LogP contribution in [0.15, 0.2) is 35.2 Å². The highest BCUT2D eigenvalue weighted by atomic mass is 79.9. The van der Waals surface area contributed by atoms with E-state index in [2.05, 4.69) is 71.6 Å². The number of hydrogen-bond acceptors (Lipinski definition) is 3. The van der Waals surface area contributed by atoms with Crippen molar-refractivity contribution in [1.29, 1.82) is 5.26 Å². The van der Waals surface area contributed by atoms with Crippen LogP contribution in [-0.2, 0) is 11.0 Å². The lowest BCUT2D eigenvalue weighted by molar-refractivity contribution is 0.182. The summed E-state index contributed by atoms with van der Waals surface area (Å²) in [5, 5.41) is 9.00. The smallest absolute Gasteiger partial charge is 0.205 e. The maximum atomic E-state index is 9.00. The molecule has 1 atom stereocenters. The van der Waals surface area contributed by atoms with E-state index in [9.17, 15) is 0 Å². The first kappa shape index (κ1) is 21.9. The molecule has 1 unspecified atom stereocenters. The molecule has 145 valence electrons. The van der Waals surface area contributed by atoms with Crippen molar-refractivity contribution >= 4 is 25.0 Å². The lowest BCUT2D eigenvalue weighted by Crippen LogP contribution is -2.15. The highest BCUT2D eigenvalue weighted by molar-refractivity contribution is 9.10. The zero-order valence-corrected chi connectivity index (χ0v) is 19.5. The van der Waals surface area contributed by atoms with Gasteiger partial charge in [-0.3, -0.25) is 0 Å². The number of hydrogen-bond donors (Lipinski definition) is 0. The number of imidazole rings is 1. The molecule has 0 saturated heterocycles. The molecule has 1 heterocycles. The molecule has 1 aromatic carbocycles. The summed E-state index contributed by atoms with van der Waals surface area (Å²) in [6.45, 7) is 11.9. The molecule has 0 bridgehead atoms. The molecule has 6 heteroatoms. The van der Waals surface area contributed by atoms with Gasteiger partial charge in [0.15, 0.2) is 0 Å². The Labute approximate surface area is 173 Å². The molecule has 0 spiro atoms. The molecule has 0 amide bonds. The summed E-state index contributed by atoms with van der Waals surface area (Å²) in [5.41, 5.74) is 3.14. The van der Waals surface area contributed by atoms with Crippen LogP contribution in [0.1, 0.15) is 63.0 Å². The van der Waals surface area contributed by atoms with Crippen LogP contribution < -0.4 is 0 Å². The summed E-state index contributed by atoms with van der Waals surface area (Å²) < 4.78 is 9.28. The van der Waals surface area contributed by atoms with Crippen molar-refractivity contribution in [3.05, 3.63) is 52.0 Å². The zero-order valence-electron chi connectivity index (χ0n) is 16.9. The van der Waals surface area contributed by atoms with E-state index in [0.29, 0.717) is 17.5 Å². The van der Waals surface area contributed by atoms with Gasteiger partial charge in [-0.25, -0.2) is 4.98 Å². The molecule has 0 N–H and O–H groups in total. The first-order chi connectivity index (χ1) is 12.7. The van der Waals surface area contributed by atoms with Crippen molar-refractivity contribution in [3.8, 4) is 6.07 Å². The first-order valence-corrected chi connectivity index (χ1v) is 12.5. The second-order valence-corrected chi connectivity index (χ2v) is 11.3. The van der Waals surface area contributed by atoms with Crippen LogP contribution in [0.2, 0.25) is 13.1 Å². The van der Waals surface area contributed by atoms with Gasteiger partial charge in [-0.1, -0.05) is 42.8 Å². The van der Waals surface area contributed by atoms with Gasteiger partial charge < -0.3 is 8.99 Å². The summed E-state index contributed by atoms with van der Waals surface area (Å²) in [4.78, 5) is 4.63. The van der Waals surface area contributed by atoms with Crippen LogP contribution in [0, 0.1) is 16.7 Å². The molecule has 27 heavy (non-hydrogen) atoms. The van der Waals surface area contributed by atoms with E-state index >= 15 is 0 Å². The molecule has 1 aromatic heterocycles. The van der Waals surface area contributed by atoms with E-state index in [0.717, 1.165) is 28.6 Å².